The zero-order chi connectivity index (χ0) is 12.0. The van der Waals surface area contributed by atoms with E-state index in [1.807, 2.05) is 6.92 Å². The molecule has 0 bridgehead atoms. The summed E-state index contributed by atoms with van der Waals surface area (Å²) < 4.78 is 5.10. The predicted molar refractivity (Wildman–Crippen MR) is 62.6 cm³/mol. The Bertz CT molecular complexity index is 363. The summed E-state index contributed by atoms with van der Waals surface area (Å²) in [4.78, 5) is 11.4. The first-order valence-corrected chi connectivity index (χ1v) is 5.30. The van der Waals surface area contributed by atoms with Gasteiger partial charge in [-0.2, -0.15) is 0 Å². The van der Waals surface area contributed by atoms with Crippen LogP contribution in [0.4, 0.5) is 5.69 Å². The van der Waals surface area contributed by atoms with E-state index < -0.39 is 0 Å². The number of nitrogens with one attached hydrogen (secondary N) is 1. The number of amides is 1. The average Bonchev–Trinajstić information content (AvgIpc) is 2.24. The smallest absolute Gasteiger partial charge is 0.250 e. The highest BCUT2D eigenvalue weighted by Crippen LogP contribution is 2.20. The van der Waals surface area contributed by atoms with Crippen LogP contribution in [0.25, 0.3) is 0 Å². The van der Waals surface area contributed by atoms with Gasteiger partial charge in [0.05, 0.1) is 0 Å². The number of hydrogen-bond acceptors (Lipinski definition) is 3. The third-order valence-corrected chi connectivity index (χ3v) is 2.07. The molecule has 0 aromatic heterocycles. The van der Waals surface area contributed by atoms with Crippen molar-refractivity contribution in [2.45, 2.75) is 20.3 Å². The van der Waals surface area contributed by atoms with Crippen LogP contribution in [0.15, 0.2) is 18.2 Å². The molecule has 1 aromatic carbocycles. The van der Waals surface area contributed by atoms with Crippen LogP contribution >= 0.6 is 0 Å². The second-order valence-electron chi connectivity index (χ2n) is 3.60. The molecule has 1 aromatic rings. The summed E-state index contributed by atoms with van der Waals surface area (Å²) in [5, 5.41) is 12.1. The summed E-state index contributed by atoms with van der Waals surface area (Å²) in [7, 11) is 0. The first-order chi connectivity index (χ1) is 7.63. The van der Waals surface area contributed by atoms with E-state index in [9.17, 15) is 9.90 Å². The van der Waals surface area contributed by atoms with Crippen molar-refractivity contribution >= 4 is 11.6 Å². The molecule has 0 saturated carbocycles. The van der Waals surface area contributed by atoms with E-state index >= 15 is 0 Å². The fourth-order valence-corrected chi connectivity index (χ4v) is 1.19. The van der Waals surface area contributed by atoms with Crippen molar-refractivity contribution in [3.63, 3.8) is 0 Å². The minimum atomic E-state index is -0.211. The third-order valence-electron chi connectivity index (χ3n) is 2.07. The highest BCUT2D eigenvalue weighted by atomic mass is 16.5. The van der Waals surface area contributed by atoms with Crippen molar-refractivity contribution < 1.29 is 14.6 Å². The number of aromatic hydroxyl groups is 1. The lowest BCUT2D eigenvalue weighted by molar-refractivity contribution is -0.120. The lowest BCUT2D eigenvalue weighted by Gasteiger charge is -2.07. The van der Waals surface area contributed by atoms with Crippen molar-refractivity contribution in [2.24, 2.45) is 0 Å². The molecule has 0 atom stereocenters. The van der Waals surface area contributed by atoms with Crippen LogP contribution < -0.4 is 5.32 Å². The minimum absolute atomic E-state index is 0.0441. The molecule has 0 aliphatic rings. The second kappa shape index (κ2) is 6.12. The molecule has 4 nitrogen and oxygen atoms in total. The number of hydrogen-bond donors (Lipinski definition) is 2. The highest BCUT2D eigenvalue weighted by molar-refractivity contribution is 5.91. The Morgan fingerprint density at radius 2 is 2.25 bits per heavy atom. The van der Waals surface area contributed by atoms with Gasteiger partial charge < -0.3 is 15.2 Å². The fourth-order valence-electron chi connectivity index (χ4n) is 1.19. The summed E-state index contributed by atoms with van der Waals surface area (Å²) in [6.07, 6.45) is 0.887. The molecule has 0 saturated heterocycles. The zero-order valence-electron chi connectivity index (χ0n) is 9.62. The van der Waals surface area contributed by atoms with Gasteiger partial charge in [-0.05, 0) is 25.0 Å². The van der Waals surface area contributed by atoms with Gasteiger partial charge in [-0.25, -0.2) is 0 Å². The van der Waals surface area contributed by atoms with Crippen LogP contribution in [-0.4, -0.2) is 24.2 Å². The second-order valence-corrected chi connectivity index (χ2v) is 3.60. The number of phenols is 1. The van der Waals surface area contributed by atoms with Crippen LogP contribution in [0, 0.1) is 6.92 Å². The number of rotatable bonds is 5. The van der Waals surface area contributed by atoms with Gasteiger partial charge in [-0.15, -0.1) is 0 Å². The van der Waals surface area contributed by atoms with Crippen molar-refractivity contribution in [3.05, 3.63) is 23.8 Å². The molecular formula is C12H17NO3. The molecule has 0 fully saturated rings. The van der Waals surface area contributed by atoms with Crippen LogP contribution in [0.3, 0.4) is 0 Å². The van der Waals surface area contributed by atoms with Gasteiger partial charge in [0.1, 0.15) is 12.4 Å². The monoisotopic (exact) mass is 223 g/mol. The van der Waals surface area contributed by atoms with E-state index in [-0.39, 0.29) is 18.3 Å². The maximum absolute atomic E-state index is 11.4. The average molecular weight is 223 g/mol. The van der Waals surface area contributed by atoms with Crippen molar-refractivity contribution in [3.8, 4) is 5.75 Å². The Balaban J connectivity index is 2.46. The van der Waals surface area contributed by atoms with Gasteiger partial charge in [0.25, 0.3) is 0 Å². The largest absolute Gasteiger partial charge is 0.508 e. The number of aryl methyl sites for hydroxylation is 1. The lowest BCUT2D eigenvalue weighted by Crippen LogP contribution is -2.18. The normalized spacial score (nSPS) is 10.1. The number of phenolic OH excluding ortho intramolecular Hbond substituents is 1. The number of benzene rings is 1. The molecule has 0 unspecified atom stereocenters. The van der Waals surface area contributed by atoms with E-state index in [2.05, 4.69) is 5.32 Å². The van der Waals surface area contributed by atoms with Crippen molar-refractivity contribution in [2.75, 3.05) is 18.5 Å². The molecule has 0 spiro atoms. The van der Waals surface area contributed by atoms with Crippen molar-refractivity contribution in [1.82, 2.24) is 0 Å². The Morgan fingerprint density at radius 3 is 2.88 bits per heavy atom. The minimum Gasteiger partial charge on any atom is -0.508 e. The molecule has 2 N–H and O–H groups in total. The number of carbonyl (C=O) groups is 1. The first-order valence-electron chi connectivity index (χ1n) is 5.30. The summed E-state index contributed by atoms with van der Waals surface area (Å²) >= 11 is 0. The molecule has 1 amide bonds. The molecular weight excluding hydrogens is 206 g/mol. The molecule has 0 radical (unpaired) electrons. The number of ether oxygens (including phenoxy) is 1. The fraction of sp³-hybridized carbons (Fsp3) is 0.417. The Hall–Kier alpha value is -1.55. The van der Waals surface area contributed by atoms with Gasteiger partial charge >= 0.3 is 0 Å². The van der Waals surface area contributed by atoms with E-state index in [1.54, 1.807) is 19.1 Å². The Morgan fingerprint density at radius 1 is 1.50 bits per heavy atom. The van der Waals surface area contributed by atoms with E-state index in [0.29, 0.717) is 12.3 Å². The van der Waals surface area contributed by atoms with Gasteiger partial charge in [0.2, 0.25) is 5.91 Å². The Kier molecular flexibility index (Phi) is 4.79. The van der Waals surface area contributed by atoms with Crippen molar-refractivity contribution in [1.29, 1.82) is 0 Å². The maximum Gasteiger partial charge on any atom is 0.250 e. The lowest BCUT2D eigenvalue weighted by atomic mass is 10.2. The topological polar surface area (TPSA) is 58.6 Å². The van der Waals surface area contributed by atoms with Crippen LogP contribution in [0.1, 0.15) is 18.9 Å². The zero-order valence-corrected chi connectivity index (χ0v) is 9.62. The van der Waals surface area contributed by atoms with Crippen LogP contribution in [0.5, 0.6) is 5.75 Å². The van der Waals surface area contributed by atoms with Gasteiger partial charge in [-0.3, -0.25) is 4.79 Å². The highest BCUT2D eigenvalue weighted by Gasteiger charge is 2.03. The molecule has 0 heterocycles. The maximum atomic E-state index is 11.4. The molecule has 4 heteroatoms. The molecule has 88 valence electrons. The first kappa shape index (κ1) is 12.5. The predicted octanol–water partition coefficient (Wildman–Crippen LogP) is 2.07. The SMILES string of the molecule is CCCOCC(=O)Nc1ccc(C)c(O)c1. The standard InChI is InChI=1S/C12H17NO3/c1-3-6-16-8-12(15)13-10-5-4-9(2)11(14)7-10/h4-5,7,14H,3,6,8H2,1-2H3,(H,13,15). The van der Waals surface area contributed by atoms with Crippen LogP contribution in [0.2, 0.25) is 0 Å². The van der Waals surface area contributed by atoms with E-state index in [4.69, 9.17) is 4.74 Å². The summed E-state index contributed by atoms with van der Waals surface area (Å²) in [6, 6.07) is 5.01. The molecule has 16 heavy (non-hydrogen) atoms. The van der Waals surface area contributed by atoms with E-state index in [0.717, 1.165) is 12.0 Å². The number of anilines is 1. The summed E-state index contributed by atoms with van der Waals surface area (Å²) in [5.74, 6) is -0.0380. The quantitative estimate of drug-likeness (QED) is 0.751. The van der Waals surface area contributed by atoms with Crippen LogP contribution in [-0.2, 0) is 9.53 Å². The molecule has 0 aliphatic heterocycles. The summed E-state index contributed by atoms with van der Waals surface area (Å²) in [6.45, 7) is 4.40. The van der Waals surface area contributed by atoms with Gasteiger partial charge in [-0.1, -0.05) is 13.0 Å². The van der Waals surface area contributed by atoms with E-state index in [1.165, 1.54) is 6.07 Å². The summed E-state index contributed by atoms with van der Waals surface area (Å²) in [5.41, 5.74) is 1.36. The Labute approximate surface area is 95.2 Å². The molecule has 0 aliphatic carbocycles. The molecule has 1 rings (SSSR count). The van der Waals surface area contributed by atoms with Gasteiger partial charge in [0.15, 0.2) is 0 Å². The number of carbonyl (C=O) groups excluding carboxylic acids is 1. The third kappa shape index (κ3) is 3.90. The van der Waals surface area contributed by atoms with Gasteiger partial charge in [0, 0.05) is 18.4 Å².